The first-order chi connectivity index (χ1) is 17.0. The molecule has 0 unspecified atom stereocenters. The fraction of sp³-hybridized carbons (Fsp3) is 0.310. The van der Waals surface area contributed by atoms with Crippen molar-refractivity contribution < 1.29 is 19.1 Å². The third-order valence-corrected chi connectivity index (χ3v) is 5.77. The maximum atomic E-state index is 12.9. The highest BCUT2D eigenvalue weighted by Crippen LogP contribution is 2.43. The van der Waals surface area contributed by atoms with E-state index in [2.05, 4.69) is 43.2 Å². The molecule has 0 saturated heterocycles. The molecule has 192 valence electrons. The number of halogens is 1. The lowest BCUT2D eigenvalue weighted by Gasteiger charge is -2.19. The molecule has 0 spiro atoms. The lowest BCUT2D eigenvalue weighted by Crippen LogP contribution is -2.10. The fourth-order valence-electron chi connectivity index (χ4n) is 4.29. The minimum absolute atomic E-state index is 0. The monoisotopic (exact) mass is 510 g/mol. The van der Waals surface area contributed by atoms with Crippen LogP contribution in [0.3, 0.4) is 0 Å². The van der Waals surface area contributed by atoms with E-state index in [9.17, 15) is 4.79 Å². The quantitative estimate of drug-likeness (QED) is 0.232. The highest BCUT2D eigenvalue weighted by molar-refractivity contribution is 6.08. The number of aliphatic hydroxyl groups is 1. The van der Waals surface area contributed by atoms with Crippen LogP contribution in [0.25, 0.3) is 33.4 Å². The Morgan fingerprint density at radius 1 is 1.00 bits per heavy atom. The van der Waals surface area contributed by atoms with Crippen LogP contribution in [0, 0.1) is 13.8 Å². The van der Waals surface area contributed by atoms with Crippen molar-refractivity contribution in [2.45, 2.75) is 34.6 Å². The molecule has 0 radical (unpaired) electrons. The SMILES string of the molecule is CCN=c1cc2oc3cc(NCC)c(C)cc3c(-c3ccccc3C(=O)OCC)c-2cc1C.CO.Cl. The average Bonchev–Trinajstić information content (AvgIpc) is 2.86. The van der Waals surface area contributed by atoms with Crippen molar-refractivity contribution in [3.8, 4) is 22.5 Å². The van der Waals surface area contributed by atoms with Gasteiger partial charge in [-0.25, -0.2) is 4.79 Å². The molecule has 4 rings (SSSR count). The number of carbonyl (C=O) groups is 1. The third kappa shape index (κ3) is 5.72. The second kappa shape index (κ2) is 13.1. The topological polar surface area (TPSA) is 84.1 Å². The van der Waals surface area contributed by atoms with Crippen molar-refractivity contribution >= 4 is 35.0 Å². The van der Waals surface area contributed by atoms with E-state index >= 15 is 0 Å². The van der Waals surface area contributed by atoms with Crippen molar-refractivity contribution in [2.75, 3.05) is 32.1 Å². The molecule has 2 aliphatic rings. The van der Waals surface area contributed by atoms with Gasteiger partial charge >= 0.3 is 5.97 Å². The normalized spacial score (nSPS) is 11.0. The summed E-state index contributed by atoms with van der Waals surface area (Å²) in [6.45, 7) is 11.9. The summed E-state index contributed by atoms with van der Waals surface area (Å²) >= 11 is 0. The first kappa shape index (κ1) is 28.9. The summed E-state index contributed by atoms with van der Waals surface area (Å²) in [7, 11) is 1.00. The van der Waals surface area contributed by atoms with Gasteiger partial charge in [0.2, 0.25) is 0 Å². The molecular formula is C29H35ClN2O4. The van der Waals surface area contributed by atoms with Crippen molar-refractivity contribution in [1.82, 2.24) is 0 Å². The number of hydrogen-bond acceptors (Lipinski definition) is 6. The van der Waals surface area contributed by atoms with Crippen molar-refractivity contribution in [1.29, 1.82) is 0 Å². The number of esters is 1. The Morgan fingerprint density at radius 2 is 1.72 bits per heavy atom. The predicted molar refractivity (Wildman–Crippen MR) is 149 cm³/mol. The Bertz CT molecular complexity index is 1380. The number of fused-ring (bicyclic) bond motifs is 2. The molecule has 0 atom stereocenters. The van der Waals surface area contributed by atoms with Gasteiger partial charge in [-0.15, -0.1) is 12.4 Å². The Morgan fingerprint density at radius 3 is 2.39 bits per heavy atom. The Balaban J connectivity index is 0.00000148. The van der Waals surface area contributed by atoms with Gasteiger partial charge in [0.25, 0.3) is 0 Å². The molecule has 1 aliphatic carbocycles. The minimum Gasteiger partial charge on any atom is -0.462 e. The molecule has 7 heteroatoms. The van der Waals surface area contributed by atoms with E-state index in [-0.39, 0.29) is 18.4 Å². The number of nitrogens with zero attached hydrogens (tertiary/aromatic N) is 1. The van der Waals surface area contributed by atoms with Crippen LogP contribution in [0.5, 0.6) is 0 Å². The fourth-order valence-corrected chi connectivity index (χ4v) is 4.29. The molecule has 1 heterocycles. The number of anilines is 1. The van der Waals surface area contributed by atoms with Gasteiger partial charge in [-0.1, -0.05) is 18.2 Å². The number of benzene rings is 3. The van der Waals surface area contributed by atoms with Crippen LogP contribution in [0.4, 0.5) is 5.69 Å². The maximum Gasteiger partial charge on any atom is 0.338 e. The number of rotatable bonds is 6. The zero-order valence-electron chi connectivity index (χ0n) is 21.8. The van der Waals surface area contributed by atoms with E-state index in [1.807, 2.05) is 50.2 Å². The Kier molecular flexibility index (Phi) is 10.5. The van der Waals surface area contributed by atoms with Crippen molar-refractivity contribution in [2.24, 2.45) is 4.99 Å². The van der Waals surface area contributed by atoms with Gasteiger partial charge in [0.05, 0.1) is 17.5 Å². The van der Waals surface area contributed by atoms with Crippen LogP contribution in [0.15, 0.2) is 57.9 Å². The van der Waals surface area contributed by atoms with Gasteiger partial charge in [0.15, 0.2) is 0 Å². The molecule has 2 N–H and O–H groups in total. The number of nitrogens with one attached hydrogen (secondary N) is 1. The molecular weight excluding hydrogens is 476 g/mol. The molecule has 0 bridgehead atoms. The maximum absolute atomic E-state index is 12.9. The lowest BCUT2D eigenvalue weighted by molar-refractivity contribution is 0.0527. The summed E-state index contributed by atoms with van der Waals surface area (Å²) in [5.41, 5.74) is 7.25. The van der Waals surface area contributed by atoms with Gasteiger partial charge in [0.1, 0.15) is 11.3 Å². The van der Waals surface area contributed by atoms with Gasteiger partial charge in [-0.3, -0.25) is 4.99 Å². The number of ether oxygens (including phenoxy) is 1. The third-order valence-electron chi connectivity index (χ3n) is 5.77. The lowest BCUT2D eigenvalue weighted by atomic mass is 9.89. The summed E-state index contributed by atoms with van der Waals surface area (Å²) < 4.78 is 11.8. The van der Waals surface area contributed by atoms with Crippen LogP contribution in [0.2, 0.25) is 0 Å². The summed E-state index contributed by atoms with van der Waals surface area (Å²) in [5.74, 6) is 0.408. The Labute approximate surface area is 218 Å². The number of aryl methyl sites for hydroxylation is 2. The van der Waals surface area contributed by atoms with Crippen molar-refractivity contribution in [3.05, 3.63) is 70.6 Å². The number of aliphatic hydroxyl groups excluding tert-OH is 1. The highest BCUT2D eigenvalue weighted by Gasteiger charge is 2.23. The number of hydrogen-bond donors (Lipinski definition) is 2. The standard InChI is InChI=1S/C28H30N2O3.CH4O.ClH/c1-6-29-23-15-25-21(13-17(23)4)27(19-11-9-10-12-20(19)28(31)32-8-3)22-14-18(5)24(30-7-2)16-26(22)33-25;1-2;/h9-16,29H,6-8H2,1-5H3;2H,1H3;1H. The molecule has 2 aromatic carbocycles. The number of carbonyl (C=O) groups excluding carboxylic acids is 1. The molecule has 0 saturated carbocycles. The van der Waals surface area contributed by atoms with Crippen LogP contribution in [-0.2, 0) is 4.74 Å². The van der Waals surface area contributed by atoms with E-state index in [0.717, 1.165) is 69.2 Å². The molecule has 0 amide bonds. The second-order valence-electron chi connectivity index (χ2n) is 8.05. The highest BCUT2D eigenvalue weighted by atomic mass is 35.5. The minimum atomic E-state index is -0.328. The van der Waals surface area contributed by atoms with Crippen LogP contribution in [0.1, 0.15) is 42.3 Å². The van der Waals surface area contributed by atoms with Gasteiger partial charge < -0.3 is 19.6 Å². The summed E-state index contributed by atoms with van der Waals surface area (Å²) in [6, 6.07) is 15.9. The average molecular weight is 511 g/mol. The van der Waals surface area contributed by atoms with Crippen LogP contribution in [-0.4, -0.2) is 37.9 Å². The first-order valence-corrected chi connectivity index (χ1v) is 12.0. The molecule has 0 aromatic heterocycles. The van der Waals surface area contributed by atoms with Crippen LogP contribution >= 0.6 is 12.4 Å². The summed E-state index contributed by atoms with van der Waals surface area (Å²) in [6.07, 6.45) is 0. The van der Waals surface area contributed by atoms with Gasteiger partial charge in [-0.05, 0) is 69.5 Å². The summed E-state index contributed by atoms with van der Waals surface area (Å²) in [4.78, 5) is 17.5. The first-order valence-electron chi connectivity index (χ1n) is 12.0. The largest absolute Gasteiger partial charge is 0.462 e. The predicted octanol–water partition coefficient (Wildman–Crippen LogP) is 6.38. The molecule has 1 aliphatic heterocycles. The summed E-state index contributed by atoms with van der Waals surface area (Å²) in [5, 5.41) is 12.3. The van der Waals surface area contributed by atoms with E-state index in [1.165, 1.54) is 0 Å². The van der Waals surface area contributed by atoms with E-state index in [4.69, 9.17) is 14.3 Å². The molecule has 0 fully saturated rings. The van der Waals surface area contributed by atoms with Crippen LogP contribution < -0.4 is 10.7 Å². The smallest absolute Gasteiger partial charge is 0.338 e. The van der Waals surface area contributed by atoms with Gasteiger partial charge in [-0.2, -0.15) is 0 Å². The van der Waals surface area contributed by atoms with Crippen molar-refractivity contribution in [3.63, 3.8) is 0 Å². The van der Waals surface area contributed by atoms with E-state index < -0.39 is 0 Å². The molecule has 36 heavy (non-hydrogen) atoms. The van der Waals surface area contributed by atoms with E-state index in [1.54, 1.807) is 0 Å². The zero-order valence-corrected chi connectivity index (χ0v) is 22.6. The second-order valence-corrected chi connectivity index (χ2v) is 8.05. The van der Waals surface area contributed by atoms with Gasteiger partial charge in [0, 0.05) is 54.5 Å². The van der Waals surface area contributed by atoms with E-state index in [0.29, 0.717) is 18.7 Å². The molecule has 2 aromatic rings. The molecule has 6 nitrogen and oxygen atoms in total. The Hall–Kier alpha value is -3.35. The zero-order chi connectivity index (χ0) is 25.5.